The van der Waals surface area contributed by atoms with Crippen LogP contribution in [0.2, 0.25) is 0 Å². The van der Waals surface area contributed by atoms with Crippen LogP contribution in [0.15, 0.2) is 16.9 Å². The Morgan fingerprint density at radius 1 is 1.37 bits per heavy atom. The van der Waals surface area contributed by atoms with Crippen LogP contribution in [-0.4, -0.2) is 108 Å². The second-order valence-electron chi connectivity index (χ2n) is 10.6. The summed E-state index contributed by atoms with van der Waals surface area (Å²) >= 11 is 1.49. The Morgan fingerprint density at radius 3 is 2.82 bits per heavy atom. The predicted molar refractivity (Wildman–Crippen MR) is 135 cm³/mol. The molecule has 206 valence electrons. The number of carboxylic acid groups (broad SMARTS) is 1. The molecule has 3 amide bonds. The van der Waals surface area contributed by atoms with Gasteiger partial charge in [-0.1, -0.05) is 6.92 Å². The Balaban J connectivity index is 1.20. The third-order valence-electron chi connectivity index (χ3n) is 7.89. The number of nitrogens with zero attached hydrogens (tertiary/aromatic N) is 6. The van der Waals surface area contributed by atoms with Gasteiger partial charge in [-0.05, 0) is 30.2 Å². The Labute approximate surface area is 223 Å². The average Bonchev–Trinajstić information content (AvgIpc) is 3.64. The van der Waals surface area contributed by atoms with Gasteiger partial charge in [0, 0.05) is 60.3 Å². The number of carbonyl (C=O) groups excluding carboxylic acids is 3. The molecule has 1 aromatic heterocycles. The topological polar surface area (TPSA) is 189 Å². The third-order valence-corrected chi connectivity index (χ3v) is 9.40. The fourth-order valence-electron chi connectivity index (χ4n) is 6.05. The monoisotopic (exact) mass is 547 g/mol. The molecule has 0 bridgehead atoms. The van der Waals surface area contributed by atoms with E-state index in [1.165, 1.54) is 27.7 Å². The number of hydrogen-bond acceptors (Lipinski definition) is 10. The SMILES string of the molecule is CC(NC(=O)Cn1cnnn1)[C@H]1C(=O)N2C(C(=O)O)=C(S[C@@H]3CNC(CC(=O)N4CC[C@@H](N)C4)C3)[C@H](C)[C@H]12. The summed E-state index contributed by atoms with van der Waals surface area (Å²) in [5.41, 5.74) is 5.96. The number of fused-ring (bicyclic) bond motifs is 1. The minimum Gasteiger partial charge on any atom is -0.477 e. The minimum absolute atomic E-state index is 0.0178. The van der Waals surface area contributed by atoms with Crippen molar-refractivity contribution in [1.29, 1.82) is 0 Å². The third kappa shape index (κ3) is 5.01. The van der Waals surface area contributed by atoms with Crippen molar-refractivity contribution in [3.05, 3.63) is 16.9 Å². The summed E-state index contributed by atoms with van der Waals surface area (Å²) < 4.78 is 1.28. The highest BCUT2D eigenvalue weighted by molar-refractivity contribution is 8.03. The van der Waals surface area contributed by atoms with Gasteiger partial charge in [0.2, 0.25) is 17.7 Å². The smallest absolute Gasteiger partial charge is 0.353 e. The van der Waals surface area contributed by atoms with E-state index in [9.17, 15) is 24.3 Å². The second kappa shape index (κ2) is 10.6. The van der Waals surface area contributed by atoms with Crippen LogP contribution in [0.3, 0.4) is 0 Å². The molecule has 7 atom stereocenters. The largest absolute Gasteiger partial charge is 0.477 e. The number of β-lactam (4-membered cyclic amide) rings is 1. The van der Waals surface area contributed by atoms with E-state index in [2.05, 4.69) is 26.2 Å². The number of amides is 3. The van der Waals surface area contributed by atoms with Crippen LogP contribution in [0.25, 0.3) is 0 Å². The molecule has 5 N–H and O–H groups in total. The van der Waals surface area contributed by atoms with Crippen LogP contribution in [0, 0.1) is 11.8 Å². The van der Waals surface area contributed by atoms with Crippen LogP contribution in [0.4, 0.5) is 0 Å². The number of aromatic nitrogens is 4. The first-order valence-corrected chi connectivity index (χ1v) is 13.8. The van der Waals surface area contributed by atoms with Crippen molar-refractivity contribution >= 4 is 35.5 Å². The summed E-state index contributed by atoms with van der Waals surface area (Å²) in [7, 11) is 0. The molecule has 3 fully saturated rings. The highest BCUT2D eigenvalue weighted by atomic mass is 32.2. The molecule has 0 radical (unpaired) electrons. The van der Waals surface area contributed by atoms with Gasteiger partial charge in [0.05, 0.1) is 12.0 Å². The van der Waals surface area contributed by atoms with Crippen molar-refractivity contribution in [3.63, 3.8) is 0 Å². The Bertz CT molecular complexity index is 1140. The van der Waals surface area contributed by atoms with Crippen LogP contribution in [0.5, 0.6) is 0 Å². The Morgan fingerprint density at radius 2 is 2.16 bits per heavy atom. The normalized spacial score (nSPS) is 31.4. The Hall–Kier alpha value is -3.04. The van der Waals surface area contributed by atoms with Gasteiger partial charge in [-0.2, -0.15) is 0 Å². The van der Waals surface area contributed by atoms with Gasteiger partial charge in [-0.25, -0.2) is 9.48 Å². The Kier molecular flexibility index (Phi) is 7.42. The standard InChI is InChI=1S/C23H33N9O5S/c1-11-19-18(12(2)27-16(33)9-31-10-26-28-29-31)22(35)32(19)20(23(36)37)21(11)38-15-5-14(25-7-15)6-17(34)30-4-3-13(24)8-30/h10-15,18-19,25H,3-9,24H2,1-2H3,(H,27,33)(H,36,37)/t11-,12?,13-,14?,15+,18-,19-/m1/s1. The van der Waals surface area contributed by atoms with Crippen LogP contribution in [-0.2, 0) is 25.7 Å². The number of hydrogen-bond donors (Lipinski definition) is 4. The zero-order chi connectivity index (χ0) is 27.1. The van der Waals surface area contributed by atoms with Crippen LogP contribution < -0.4 is 16.4 Å². The maximum absolute atomic E-state index is 13.1. The number of aliphatic carboxylic acids is 1. The molecule has 14 nitrogen and oxygen atoms in total. The summed E-state index contributed by atoms with van der Waals surface area (Å²) in [5.74, 6) is -2.41. The van der Waals surface area contributed by atoms with E-state index in [0.29, 0.717) is 31.0 Å². The number of carboxylic acids is 1. The number of nitrogens with one attached hydrogen (secondary N) is 2. The van der Waals surface area contributed by atoms with Crippen molar-refractivity contribution in [1.82, 2.24) is 40.6 Å². The van der Waals surface area contributed by atoms with Crippen molar-refractivity contribution in [2.24, 2.45) is 17.6 Å². The molecule has 4 aliphatic rings. The van der Waals surface area contributed by atoms with E-state index in [-0.39, 0.29) is 59.3 Å². The molecule has 3 saturated heterocycles. The summed E-state index contributed by atoms with van der Waals surface area (Å²) in [4.78, 5) is 54.3. The van der Waals surface area contributed by atoms with E-state index in [1.54, 1.807) is 6.92 Å². The molecule has 0 aromatic carbocycles. The molecule has 1 aromatic rings. The molecule has 5 rings (SSSR count). The highest BCUT2D eigenvalue weighted by Crippen LogP contribution is 2.51. The van der Waals surface area contributed by atoms with Crippen molar-refractivity contribution < 1.29 is 24.3 Å². The molecular weight excluding hydrogens is 514 g/mol. The van der Waals surface area contributed by atoms with Gasteiger partial charge in [-0.15, -0.1) is 16.9 Å². The van der Waals surface area contributed by atoms with E-state index >= 15 is 0 Å². The molecule has 4 aliphatic heterocycles. The summed E-state index contributed by atoms with van der Waals surface area (Å²) in [6, 6.07) is -0.769. The van der Waals surface area contributed by atoms with E-state index in [0.717, 1.165) is 12.8 Å². The highest BCUT2D eigenvalue weighted by Gasteiger charge is 2.60. The summed E-state index contributed by atoms with van der Waals surface area (Å²) in [5, 5.41) is 27.0. The van der Waals surface area contributed by atoms with Crippen LogP contribution in [0.1, 0.15) is 33.1 Å². The summed E-state index contributed by atoms with van der Waals surface area (Å²) in [6.07, 6.45) is 3.27. The molecule has 38 heavy (non-hydrogen) atoms. The zero-order valence-electron chi connectivity index (χ0n) is 21.3. The molecule has 0 spiro atoms. The van der Waals surface area contributed by atoms with Crippen molar-refractivity contribution in [3.8, 4) is 0 Å². The van der Waals surface area contributed by atoms with Crippen molar-refractivity contribution in [2.45, 2.75) is 69.1 Å². The van der Waals surface area contributed by atoms with Gasteiger partial charge in [0.15, 0.2) is 0 Å². The number of nitrogens with two attached hydrogens (primary N) is 1. The van der Waals surface area contributed by atoms with E-state index in [4.69, 9.17) is 5.73 Å². The van der Waals surface area contributed by atoms with E-state index < -0.39 is 17.9 Å². The first-order valence-electron chi connectivity index (χ1n) is 12.9. The number of likely N-dealkylation sites (tertiary alicyclic amines) is 1. The minimum atomic E-state index is -1.13. The average molecular weight is 548 g/mol. The fraction of sp³-hybridized carbons (Fsp3) is 0.696. The number of carbonyl (C=O) groups is 4. The lowest BCUT2D eigenvalue weighted by Crippen LogP contribution is -2.66. The van der Waals surface area contributed by atoms with Gasteiger partial charge in [0.1, 0.15) is 18.6 Å². The van der Waals surface area contributed by atoms with Gasteiger partial charge in [0.25, 0.3) is 0 Å². The molecule has 15 heteroatoms. The lowest BCUT2D eigenvalue weighted by molar-refractivity contribution is -0.158. The molecule has 5 heterocycles. The maximum atomic E-state index is 13.1. The van der Waals surface area contributed by atoms with Crippen molar-refractivity contribution in [2.75, 3.05) is 19.6 Å². The predicted octanol–water partition coefficient (Wildman–Crippen LogP) is -1.64. The molecular formula is C23H33N9O5S. The first-order chi connectivity index (χ1) is 18.1. The zero-order valence-corrected chi connectivity index (χ0v) is 22.1. The first kappa shape index (κ1) is 26.6. The number of rotatable bonds is 9. The molecule has 0 saturated carbocycles. The lowest BCUT2D eigenvalue weighted by atomic mass is 9.78. The number of thioether (sulfide) groups is 1. The van der Waals surface area contributed by atoms with Gasteiger partial charge >= 0.3 is 5.97 Å². The quantitative estimate of drug-likeness (QED) is 0.260. The van der Waals surface area contributed by atoms with E-state index in [1.807, 2.05) is 11.8 Å². The van der Waals surface area contributed by atoms with Gasteiger partial charge < -0.3 is 31.3 Å². The summed E-state index contributed by atoms with van der Waals surface area (Å²) in [6.45, 7) is 5.55. The van der Waals surface area contributed by atoms with Gasteiger partial charge in [-0.3, -0.25) is 14.4 Å². The molecule has 2 unspecified atom stereocenters. The lowest BCUT2D eigenvalue weighted by Gasteiger charge is -2.47. The fourth-order valence-corrected chi connectivity index (χ4v) is 7.57. The number of tetrazole rings is 1. The molecule has 0 aliphatic carbocycles. The second-order valence-corrected chi connectivity index (χ2v) is 11.9. The maximum Gasteiger partial charge on any atom is 0.353 e. The van der Waals surface area contributed by atoms with Crippen LogP contribution >= 0.6 is 11.8 Å².